The average molecular weight is 614 g/mol. The molecule has 0 saturated carbocycles. The molecular formula is C45H27NS. The lowest BCUT2D eigenvalue weighted by atomic mass is 9.83. The molecule has 0 aliphatic carbocycles. The van der Waals surface area contributed by atoms with Crippen LogP contribution in [-0.2, 0) is 0 Å². The van der Waals surface area contributed by atoms with E-state index >= 15 is 0 Å². The van der Waals surface area contributed by atoms with Gasteiger partial charge in [0.2, 0.25) is 0 Å². The Hall–Kier alpha value is -5.83. The fourth-order valence-corrected chi connectivity index (χ4v) is 8.58. The predicted octanol–water partition coefficient (Wildman–Crippen LogP) is 13.1. The third-order valence-electron chi connectivity index (χ3n) is 9.65. The van der Waals surface area contributed by atoms with Gasteiger partial charge in [-0.25, -0.2) is 4.98 Å². The van der Waals surface area contributed by atoms with E-state index in [0.717, 1.165) is 10.5 Å². The van der Waals surface area contributed by atoms with Crippen LogP contribution >= 0.6 is 11.3 Å². The van der Waals surface area contributed by atoms with E-state index in [-0.39, 0.29) is 0 Å². The van der Waals surface area contributed by atoms with E-state index in [1.165, 1.54) is 86.4 Å². The normalized spacial score (nSPS) is 11.8. The number of benzene rings is 9. The summed E-state index contributed by atoms with van der Waals surface area (Å²) in [6.07, 6.45) is 0. The molecule has 1 nitrogen and oxygen atoms in total. The first-order valence-electron chi connectivity index (χ1n) is 16.1. The zero-order valence-corrected chi connectivity index (χ0v) is 26.3. The second-order valence-electron chi connectivity index (χ2n) is 12.3. The summed E-state index contributed by atoms with van der Waals surface area (Å²) in [5, 5.41) is 13.6. The van der Waals surface area contributed by atoms with E-state index in [1.807, 2.05) is 0 Å². The summed E-state index contributed by atoms with van der Waals surface area (Å²) in [4.78, 5) is 5.13. The van der Waals surface area contributed by atoms with Gasteiger partial charge in [0, 0.05) is 5.56 Å². The number of fused-ring (bicyclic) bond motifs is 7. The molecule has 1 aromatic heterocycles. The van der Waals surface area contributed by atoms with E-state index in [1.54, 1.807) is 11.3 Å². The van der Waals surface area contributed by atoms with Crippen molar-refractivity contribution < 1.29 is 0 Å². The molecule has 0 radical (unpaired) electrons. The van der Waals surface area contributed by atoms with Crippen LogP contribution in [0.5, 0.6) is 0 Å². The zero-order valence-electron chi connectivity index (χ0n) is 25.4. The molecule has 0 fully saturated rings. The molecule has 2 heteroatoms. The van der Waals surface area contributed by atoms with Crippen LogP contribution in [0, 0.1) is 0 Å². The SMILES string of the molecule is c1ccc(-c2c3ccccc3c(-c3cc4c(-c5nc6ccccc6s5)cccc4c4cc5ccccc5cc34)c3ccccc23)cc1. The first-order chi connectivity index (χ1) is 23.3. The number of hydrogen-bond donors (Lipinski definition) is 0. The highest BCUT2D eigenvalue weighted by molar-refractivity contribution is 7.21. The van der Waals surface area contributed by atoms with Crippen LogP contribution in [0.2, 0.25) is 0 Å². The molecule has 0 unspecified atom stereocenters. The van der Waals surface area contributed by atoms with Crippen molar-refractivity contribution in [1.82, 2.24) is 4.98 Å². The number of thiazole rings is 1. The molecule has 0 spiro atoms. The van der Waals surface area contributed by atoms with Crippen molar-refractivity contribution >= 4 is 75.4 Å². The Labute approximate surface area is 276 Å². The third kappa shape index (κ3) is 4.05. The molecule has 0 amide bonds. The summed E-state index contributed by atoms with van der Waals surface area (Å²) < 4.78 is 1.21. The maximum absolute atomic E-state index is 5.13. The second-order valence-corrected chi connectivity index (χ2v) is 13.3. The molecule has 47 heavy (non-hydrogen) atoms. The minimum Gasteiger partial charge on any atom is -0.236 e. The van der Waals surface area contributed by atoms with Crippen molar-refractivity contribution in [2.75, 3.05) is 0 Å². The Morgan fingerprint density at radius 3 is 1.62 bits per heavy atom. The fraction of sp³-hybridized carbons (Fsp3) is 0. The standard InChI is InChI=1S/C45H27NS/c1-2-13-28(14-3-1)43-32-17-6-8-19-34(32)44(35-20-9-7-18-33(35)43)40-27-39-31(37-25-29-15-4-5-16-30(29)26-38(37)40)21-12-22-36(39)45-46-41-23-10-11-24-42(41)47-45/h1-27H. The van der Waals surface area contributed by atoms with E-state index < -0.39 is 0 Å². The summed E-state index contributed by atoms with van der Waals surface area (Å²) >= 11 is 1.77. The smallest absolute Gasteiger partial charge is 0.125 e. The van der Waals surface area contributed by atoms with E-state index in [9.17, 15) is 0 Å². The zero-order chi connectivity index (χ0) is 30.9. The molecule has 9 aromatic carbocycles. The summed E-state index contributed by atoms with van der Waals surface area (Å²) in [5.74, 6) is 0. The Kier molecular flexibility index (Phi) is 5.81. The highest BCUT2D eigenvalue weighted by Crippen LogP contribution is 2.48. The minimum absolute atomic E-state index is 1.05. The molecule has 0 aliphatic heterocycles. The average Bonchev–Trinajstić information content (AvgIpc) is 3.57. The maximum atomic E-state index is 5.13. The van der Waals surface area contributed by atoms with Gasteiger partial charge in [-0.1, -0.05) is 133 Å². The molecule has 1 heterocycles. The van der Waals surface area contributed by atoms with Crippen LogP contribution in [-0.4, -0.2) is 4.98 Å². The number of rotatable bonds is 3. The minimum atomic E-state index is 1.05. The van der Waals surface area contributed by atoms with Gasteiger partial charge in [-0.3, -0.25) is 0 Å². The van der Waals surface area contributed by atoms with E-state index in [4.69, 9.17) is 4.98 Å². The molecule has 10 rings (SSSR count). The summed E-state index contributed by atoms with van der Waals surface area (Å²) in [6, 6.07) is 59.9. The Morgan fingerprint density at radius 2 is 0.915 bits per heavy atom. The van der Waals surface area contributed by atoms with Crippen molar-refractivity contribution in [2.45, 2.75) is 0 Å². The lowest BCUT2D eigenvalue weighted by Crippen LogP contribution is -1.93. The molecule has 0 N–H and O–H groups in total. The Bertz CT molecular complexity index is 2750. The van der Waals surface area contributed by atoms with Gasteiger partial charge in [-0.15, -0.1) is 11.3 Å². The van der Waals surface area contributed by atoms with Crippen molar-refractivity contribution in [3.05, 3.63) is 164 Å². The van der Waals surface area contributed by atoms with Gasteiger partial charge < -0.3 is 0 Å². The highest BCUT2D eigenvalue weighted by atomic mass is 32.1. The number of nitrogens with zero attached hydrogens (tertiary/aromatic N) is 1. The molecule has 0 aliphatic rings. The van der Waals surface area contributed by atoms with E-state index in [0.29, 0.717) is 0 Å². The number of para-hydroxylation sites is 1. The lowest BCUT2D eigenvalue weighted by Gasteiger charge is -2.20. The number of hydrogen-bond acceptors (Lipinski definition) is 2. The van der Waals surface area contributed by atoms with Gasteiger partial charge in [0.25, 0.3) is 0 Å². The molecule has 0 atom stereocenters. The third-order valence-corrected chi connectivity index (χ3v) is 10.7. The summed E-state index contributed by atoms with van der Waals surface area (Å²) in [7, 11) is 0. The predicted molar refractivity (Wildman–Crippen MR) is 203 cm³/mol. The van der Waals surface area contributed by atoms with Gasteiger partial charge >= 0.3 is 0 Å². The monoisotopic (exact) mass is 613 g/mol. The van der Waals surface area contributed by atoms with Crippen LogP contribution < -0.4 is 0 Å². The fourth-order valence-electron chi connectivity index (χ4n) is 7.58. The maximum Gasteiger partial charge on any atom is 0.125 e. The largest absolute Gasteiger partial charge is 0.236 e. The first kappa shape index (κ1) is 26.4. The van der Waals surface area contributed by atoms with Crippen LogP contribution in [0.3, 0.4) is 0 Å². The van der Waals surface area contributed by atoms with Crippen LogP contribution in [0.15, 0.2) is 164 Å². The van der Waals surface area contributed by atoms with Crippen LogP contribution in [0.4, 0.5) is 0 Å². The summed E-state index contributed by atoms with van der Waals surface area (Å²) in [5.41, 5.74) is 7.26. The molecule has 218 valence electrons. The van der Waals surface area contributed by atoms with Crippen molar-refractivity contribution in [1.29, 1.82) is 0 Å². The van der Waals surface area contributed by atoms with Crippen LogP contribution in [0.25, 0.3) is 96.9 Å². The van der Waals surface area contributed by atoms with Gasteiger partial charge in [-0.2, -0.15) is 0 Å². The molecule has 0 saturated heterocycles. The topological polar surface area (TPSA) is 12.9 Å². The highest BCUT2D eigenvalue weighted by Gasteiger charge is 2.20. The van der Waals surface area contributed by atoms with Crippen molar-refractivity contribution in [3.8, 4) is 32.8 Å². The number of aromatic nitrogens is 1. The molecular weight excluding hydrogens is 587 g/mol. The lowest BCUT2D eigenvalue weighted by molar-refractivity contribution is 1.49. The second kappa shape index (κ2) is 10.3. The molecule has 0 bridgehead atoms. The summed E-state index contributed by atoms with van der Waals surface area (Å²) in [6.45, 7) is 0. The molecule has 10 aromatic rings. The van der Waals surface area contributed by atoms with Gasteiger partial charge in [0.1, 0.15) is 5.01 Å². The van der Waals surface area contributed by atoms with Gasteiger partial charge in [-0.05, 0) is 106 Å². The quantitative estimate of drug-likeness (QED) is 0.143. The Morgan fingerprint density at radius 1 is 0.362 bits per heavy atom. The van der Waals surface area contributed by atoms with Crippen molar-refractivity contribution in [3.63, 3.8) is 0 Å². The van der Waals surface area contributed by atoms with Crippen LogP contribution in [0.1, 0.15) is 0 Å². The first-order valence-corrected chi connectivity index (χ1v) is 16.9. The van der Waals surface area contributed by atoms with Gasteiger partial charge in [0.05, 0.1) is 10.2 Å². The van der Waals surface area contributed by atoms with E-state index in [2.05, 4.69) is 164 Å². The van der Waals surface area contributed by atoms with Crippen molar-refractivity contribution in [2.24, 2.45) is 0 Å². The van der Waals surface area contributed by atoms with Gasteiger partial charge in [0.15, 0.2) is 0 Å². The Balaban J connectivity index is 1.40.